The molecule has 0 saturated carbocycles. The van der Waals surface area contributed by atoms with Gasteiger partial charge in [0.2, 0.25) is 0 Å². The molecule has 2 fully saturated rings. The van der Waals surface area contributed by atoms with Crippen LogP contribution < -0.4 is 9.47 Å². The van der Waals surface area contributed by atoms with Crippen LogP contribution in [0.3, 0.4) is 0 Å². The quantitative estimate of drug-likeness (QED) is 0.0540. The highest BCUT2D eigenvalue weighted by Gasteiger charge is 2.36. The number of aromatic nitrogens is 3. The Labute approximate surface area is 409 Å². The van der Waals surface area contributed by atoms with Crippen LogP contribution in [0.25, 0.3) is 21.8 Å². The number of nitrogens with zero attached hydrogens (tertiary/aromatic N) is 5. The van der Waals surface area contributed by atoms with E-state index in [1.165, 1.54) is 4.21 Å². The zero-order valence-electron chi connectivity index (χ0n) is 39.6. The van der Waals surface area contributed by atoms with Gasteiger partial charge >= 0.3 is 0 Å². The van der Waals surface area contributed by atoms with Gasteiger partial charge in [-0.3, -0.25) is 9.97 Å². The number of benzene rings is 2. The van der Waals surface area contributed by atoms with E-state index in [-0.39, 0.29) is 24.0 Å². The summed E-state index contributed by atoms with van der Waals surface area (Å²) in [4.78, 5) is 18.4. The van der Waals surface area contributed by atoms with E-state index in [4.69, 9.17) is 9.47 Å². The summed E-state index contributed by atoms with van der Waals surface area (Å²) in [5, 5.41) is 48.0. The minimum atomic E-state index is -0.603. The molecule has 2 aromatic carbocycles. The van der Waals surface area contributed by atoms with Crippen LogP contribution in [-0.2, 0) is 0 Å². The monoisotopic (exact) mass is 967 g/mol. The molecule has 2 aliphatic rings. The molecule has 360 valence electrons. The third kappa shape index (κ3) is 13.5. The van der Waals surface area contributed by atoms with Gasteiger partial charge < -0.3 is 39.7 Å². The van der Waals surface area contributed by atoms with Crippen LogP contribution in [0.1, 0.15) is 85.8 Å². The lowest BCUT2D eigenvalue weighted by Gasteiger charge is -2.41. The number of aryl methyl sites for hydroxylation is 2. The summed E-state index contributed by atoms with van der Waals surface area (Å²) in [6.07, 6.45) is 11.0. The second-order valence-corrected chi connectivity index (χ2v) is 21.8. The van der Waals surface area contributed by atoms with Crippen molar-refractivity contribution >= 4 is 56.7 Å². The van der Waals surface area contributed by atoms with Gasteiger partial charge in [-0.1, -0.05) is 12.1 Å². The molecule has 2 atom stereocenters. The fourth-order valence-corrected chi connectivity index (χ4v) is 12.4. The van der Waals surface area contributed by atoms with E-state index in [0.717, 1.165) is 150 Å². The SMILES string of the molecule is COc1ccc2ncc(C)c(C(O)CCC3(CO)CCN(CCSc4ccccn4)CC3)c2c1.COc1ccc2ncc(C)c(C(O)CCC3(CO)CCN(CCSc4cccs4)CC3)c2c1. The van der Waals surface area contributed by atoms with Gasteiger partial charge in [-0.25, -0.2) is 4.98 Å². The van der Waals surface area contributed by atoms with Crippen LogP contribution in [0, 0.1) is 24.7 Å². The lowest BCUT2D eigenvalue weighted by molar-refractivity contribution is 0.0253. The van der Waals surface area contributed by atoms with E-state index in [1.54, 1.807) is 37.3 Å². The molecule has 6 heterocycles. The number of thioether (sulfide) groups is 2. The van der Waals surface area contributed by atoms with Crippen molar-refractivity contribution in [2.75, 3.05) is 78.2 Å². The van der Waals surface area contributed by atoms with Crippen LogP contribution in [0.5, 0.6) is 11.5 Å². The van der Waals surface area contributed by atoms with Gasteiger partial charge in [0, 0.05) is 67.2 Å². The van der Waals surface area contributed by atoms with Crippen LogP contribution in [0.4, 0.5) is 0 Å². The Kier molecular flexibility index (Phi) is 18.8. The standard InChI is InChI=1S/C27H35N3O3S.C26H34N2O3S2/c1-20-18-29-23-7-6-21(33-2)17-22(23)26(20)24(32)8-9-27(19-31)10-13-30(14-11-27)15-16-34-25-5-3-4-12-28-25;1-19-17-27-22-6-5-20(31-2)16-21(22)25(19)23(30)7-8-26(18-29)9-11-28(12-10-26)13-15-33-24-4-3-14-32-24/h3-7,12,17-18,24,31-32H,8-11,13-16,19H2,1-2H3;3-6,14,16-17,23,29-30H,7-13,15,18H2,1-2H3. The number of aliphatic hydroxyl groups is 4. The molecule has 11 nitrogen and oxygen atoms in total. The van der Waals surface area contributed by atoms with Gasteiger partial charge in [0.25, 0.3) is 0 Å². The molecule has 4 aromatic heterocycles. The molecule has 2 saturated heterocycles. The van der Waals surface area contributed by atoms with Crippen molar-refractivity contribution in [3.8, 4) is 11.5 Å². The molecular formula is C53H69N5O6S3. The maximum absolute atomic E-state index is 11.2. The molecule has 0 spiro atoms. The Morgan fingerprint density at radius 3 is 1.60 bits per heavy atom. The zero-order valence-corrected chi connectivity index (χ0v) is 42.1. The predicted octanol–water partition coefficient (Wildman–Crippen LogP) is 9.92. The van der Waals surface area contributed by atoms with Crippen molar-refractivity contribution < 1.29 is 29.9 Å². The van der Waals surface area contributed by atoms with Crippen molar-refractivity contribution in [1.29, 1.82) is 0 Å². The van der Waals surface area contributed by atoms with E-state index in [0.29, 0.717) is 12.8 Å². The van der Waals surface area contributed by atoms with Crippen molar-refractivity contribution in [3.63, 3.8) is 0 Å². The predicted molar refractivity (Wildman–Crippen MR) is 275 cm³/mol. The number of aliphatic hydroxyl groups excluding tert-OH is 4. The fourth-order valence-electron chi connectivity index (χ4n) is 9.71. The van der Waals surface area contributed by atoms with Gasteiger partial charge in [0.15, 0.2) is 0 Å². The topological polar surface area (TPSA) is 145 Å². The number of hydrogen-bond donors (Lipinski definition) is 4. The number of thiophene rings is 1. The Morgan fingerprint density at radius 2 is 1.16 bits per heavy atom. The highest BCUT2D eigenvalue weighted by molar-refractivity contribution is 8.01. The lowest BCUT2D eigenvalue weighted by Crippen LogP contribution is -2.43. The number of ether oxygens (including phenoxy) is 2. The summed E-state index contributed by atoms with van der Waals surface area (Å²) in [6, 6.07) is 21.9. The number of methoxy groups -OCH3 is 2. The third-order valence-electron chi connectivity index (χ3n) is 14.1. The van der Waals surface area contributed by atoms with Crippen molar-refractivity contribution in [2.45, 2.75) is 86.7 Å². The average molecular weight is 968 g/mol. The zero-order chi connectivity index (χ0) is 47.2. The highest BCUT2D eigenvalue weighted by atomic mass is 32.2. The number of piperidine rings is 2. The second kappa shape index (κ2) is 24.6. The maximum Gasteiger partial charge on any atom is 0.119 e. The maximum atomic E-state index is 11.2. The first-order valence-electron chi connectivity index (χ1n) is 23.7. The largest absolute Gasteiger partial charge is 0.497 e. The third-order valence-corrected chi connectivity index (χ3v) is 17.2. The summed E-state index contributed by atoms with van der Waals surface area (Å²) >= 11 is 5.51. The number of rotatable bonds is 20. The summed E-state index contributed by atoms with van der Waals surface area (Å²) in [6.45, 7) is 10.4. The Hall–Kier alpha value is -3.83. The number of pyridine rings is 3. The summed E-state index contributed by atoms with van der Waals surface area (Å²) < 4.78 is 12.2. The first-order chi connectivity index (χ1) is 32.6. The normalized spacial score (nSPS) is 17.2. The Bertz CT molecular complexity index is 2450. The van der Waals surface area contributed by atoms with Crippen LogP contribution >= 0.6 is 34.9 Å². The molecule has 8 rings (SSSR count). The lowest BCUT2D eigenvalue weighted by atomic mass is 9.74. The van der Waals surface area contributed by atoms with Crippen LogP contribution in [0.15, 0.2) is 99.9 Å². The molecule has 0 bridgehead atoms. The molecule has 2 unspecified atom stereocenters. The molecule has 67 heavy (non-hydrogen) atoms. The van der Waals surface area contributed by atoms with Crippen molar-refractivity contribution in [3.05, 3.63) is 113 Å². The fraction of sp³-hybridized carbons (Fsp3) is 0.491. The summed E-state index contributed by atoms with van der Waals surface area (Å²) in [5.41, 5.74) is 5.30. The van der Waals surface area contributed by atoms with E-state index in [2.05, 4.69) is 42.3 Å². The molecule has 14 heteroatoms. The molecule has 4 N–H and O–H groups in total. The van der Waals surface area contributed by atoms with Gasteiger partial charge in [0.05, 0.1) is 46.7 Å². The number of likely N-dealkylation sites (tertiary alicyclic amines) is 2. The van der Waals surface area contributed by atoms with Gasteiger partial charge in [-0.15, -0.1) is 34.9 Å². The summed E-state index contributed by atoms with van der Waals surface area (Å²) in [5.74, 6) is 3.64. The minimum absolute atomic E-state index is 0.104. The van der Waals surface area contributed by atoms with Gasteiger partial charge in [0.1, 0.15) is 11.5 Å². The molecular weight excluding hydrogens is 899 g/mol. The van der Waals surface area contributed by atoms with E-state index < -0.39 is 12.2 Å². The first-order valence-corrected chi connectivity index (χ1v) is 26.5. The van der Waals surface area contributed by atoms with E-state index >= 15 is 0 Å². The smallest absolute Gasteiger partial charge is 0.119 e. The Balaban J connectivity index is 0.000000199. The molecule has 0 radical (unpaired) electrons. The van der Waals surface area contributed by atoms with E-state index in [1.807, 2.05) is 98.8 Å². The van der Waals surface area contributed by atoms with Crippen molar-refractivity contribution in [2.24, 2.45) is 10.8 Å². The minimum Gasteiger partial charge on any atom is -0.497 e. The molecule has 0 aliphatic carbocycles. The molecule has 0 amide bonds. The molecule has 2 aliphatic heterocycles. The summed E-state index contributed by atoms with van der Waals surface area (Å²) in [7, 11) is 3.30. The molecule has 6 aromatic rings. The van der Waals surface area contributed by atoms with Gasteiger partial charge in [-0.2, -0.15) is 0 Å². The van der Waals surface area contributed by atoms with Crippen LogP contribution in [-0.4, -0.2) is 123 Å². The average Bonchev–Trinajstić information content (AvgIpc) is 3.89. The first kappa shape index (κ1) is 51.0. The number of fused-ring (bicyclic) bond motifs is 2. The Morgan fingerprint density at radius 1 is 0.657 bits per heavy atom. The van der Waals surface area contributed by atoms with Crippen molar-refractivity contribution in [1.82, 2.24) is 24.8 Å². The highest BCUT2D eigenvalue weighted by Crippen LogP contribution is 2.42. The van der Waals surface area contributed by atoms with E-state index in [9.17, 15) is 20.4 Å². The van der Waals surface area contributed by atoms with Crippen LogP contribution in [0.2, 0.25) is 0 Å². The van der Waals surface area contributed by atoms with Gasteiger partial charge in [-0.05, 0) is 184 Å². The number of hydrogen-bond acceptors (Lipinski definition) is 14. The second-order valence-electron chi connectivity index (χ2n) is 18.4.